The van der Waals surface area contributed by atoms with Crippen LogP contribution in [0.15, 0.2) is 58.5 Å². The molecule has 2 rings (SSSR count). The van der Waals surface area contributed by atoms with Crippen molar-refractivity contribution >= 4 is 35.3 Å². The van der Waals surface area contributed by atoms with E-state index in [-0.39, 0.29) is 10.5 Å². The minimum absolute atomic E-state index is 0.227. The maximum Gasteiger partial charge on any atom is 0.240 e. The molecule has 5 heteroatoms. The zero-order valence-electron chi connectivity index (χ0n) is 12.9. The van der Waals surface area contributed by atoms with Crippen molar-refractivity contribution in [1.82, 2.24) is 0 Å². The fourth-order valence-corrected chi connectivity index (χ4v) is 3.48. The zero-order valence-corrected chi connectivity index (χ0v) is 13.7. The molecule has 23 heavy (non-hydrogen) atoms. The molecule has 2 aromatic carbocycles. The fraction of sp³-hybridized carbons (Fsp3) is 0.222. The predicted molar refractivity (Wildman–Crippen MR) is 92.9 cm³/mol. The van der Waals surface area contributed by atoms with Gasteiger partial charge in [0.25, 0.3) is 0 Å². The highest BCUT2D eigenvalue weighted by Crippen LogP contribution is 2.41. The van der Waals surface area contributed by atoms with Gasteiger partial charge in [-0.3, -0.25) is 0 Å². The Bertz CT molecular complexity index is 713. The number of aliphatic imine (C=N–C) groups is 2. The summed E-state index contributed by atoms with van der Waals surface area (Å²) < 4.78 is 0. The summed E-state index contributed by atoms with van der Waals surface area (Å²) in [6.07, 6.45) is 3.12. The lowest BCUT2D eigenvalue weighted by molar-refractivity contribution is 0.564. The Morgan fingerprint density at radius 3 is 1.65 bits per heavy atom. The Morgan fingerprint density at radius 1 is 0.826 bits per heavy atom. The standard InChI is InChI=1S/C18H16N2O2S/c1-13(15-5-3-7-17(9-15)19-11-21)23-14(2)16-6-4-8-18(10-16)20-12-22/h3-10,13-14H,1-2H3. The van der Waals surface area contributed by atoms with Gasteiger partial charge in [0.1, 0.15) is 0 Å². The average Bonchev–Trinajstić information content (AvgIpc) is 2.56. The lowest BCUT2D eigenvalue weighted by atomic mass is 10.1. The third-order valence-corrected chi connectivity index (χ3v) is 4.80. The highest BCUT2D eigenvalue weighted by molar-refractivity contribution is 7.99. The molecule has 2 aromatic rings. The number of benzene rings is 2. The lowest BCUT2D eigenvalue weighted by Crippen LogP contribution is -1.94. The summed E-state index contributed by atoms with van der Waals surface area (Å²) in [5, 5.41) is 0.454. The van der Waals surface area contributed by atoms with Crippen LogP contribution in [0.1, 0.15) is 35.5 Å². The van der Waals surface area contributed by atoms with Crippen molar-refractivity contribution in [3.63, 3.8) is 0 Å². The van der Waals surface area contributed by atoms with Crippen LogP contribution in [0.2, 0.25) is 0 Å². The third kappa shape index (κ3) is 4.76. The summed E-state index contributed by atoms with van der Waals surface area (Å²) in [4.78, 5) is 28.1. The minimum Gasteiger partial charge on any atom is -0.211 e. The maximum atomic E-state index is 10.4. The first-order valence-corrected chi connectivity index (χ1v) is 8.09. The van der Waals surface area contributed by atoms with Crippen LogP contribution in [0.5, 0.6) is 0 Å². The van der Waals surface area contributed by atoms with E-state index in [2.05, 4.69) is 23.8 Å². The summed E-state index contributed by atoms with van der Waals surface area (Å²) in [6, 6.07) is 15.1. The predicted octanol–water partition coefficient (Wildman–Crippen LogP) is 5.18. The Balaban J connectivity index is 2.14. The summed E-state index contributed by atoms with van der Waals surface area (Å²) in [6.45, 7) is 4.22. The number of hydrogen-bond donors (Lipinski definition) is 0. The molecule has 0 saturated heterocycles. The Hall–Kier alpha value is -2.45. The van der Waals surface area contributed by atoms with E-state index in [0.29, 0.717) is 11.4 Å². The summed E-state index contributed by atoms with van der Waals surface area (Å²) in [7, 11) is 0. The molecular weight excluding hydrogens is 308 g/mol. The van der Waals surface area contributed by atoms with E-state index in [4.69, 9.17) is 0 Å². The number of hydrogen-bond acceptors (Lipinski definition) is 5. The average molecular weight is 324 g/mol. The molecule has 0 heterocycles. The van der Waals surface area contributed by atoms with Crippen molar-refractivity contribution in [2.75, 3.05) is 0 Å². The first-order chi connectivity index (χ1) is 11.1. The van der Waals surface area contributed by atoms with Crippen LogP contribution < -0.4 is 0 Å². The van der Waals surface area contributed by atoms with E-state index in [1.807, 2.05) is 36.4 Å². The molecule has 0 N–H and O–H groups in total. The van der Waals surface area contributed by atoms with E-state index < -0.39 is 0 Å². The van der Waals surface area contributed by atoms with Crippen LogP contribution in [0, 0.1) is 0 Å². The van der Waals surface area contributed by atoms with Crippen LogP contribution in [-0.4, -0.2) is 12.2 Å². The van der Waals surface area contributed by atoms with Crippen LogP contribution in [0.25, 0.3) is 0 Å². The van der Waals surface area contributed by atoms with Gasteiger partial charge in [-0.1, -0.05) is 24.3 Å². The van der Waals surface area contributed by atoms with Gasteiger partial charge in [0.2, 0.25) is 12.2 Å². The molecule has 2 atom stereocenters. The Labute approximate surface area is 139 Å². The van der Waals surface area contributed by atoms with Crippen LogP contribution in [0.4, 0.5) is 11.4 Å². The number of rotatable bonds is 6. The van der Waals surface area contributed by atoms with E-state index in [1.54, 1.807) is 36.1 Å². The molecule has 0 fully saturated rings. The molecule has 0 aromatic heterocycles. The molecule has 0 aliphatic rings. The van der Waals surface area contributed by atoms with Crippen LogP contribution in [-0.2, 0) is 9.59 Å². The maximum absolute atomic E-state index is 10.4. The second-order valence-corrected chi connectivity index (χ2v) is 6.70. The van der Waals surface area contributed by atoms with Gasteiger partial charge in [0.05, 0.1) is 11.4 Å². The summed E-state index contributed by atoms with van der Waals surface area (Å²) in [5.41, 5.74) is 3.42. The van der Waals surface area contributed by atoms with E-state index in [1.165, 1.54) is 0 Å². The van der Waals surface area contributed by atoms with Crippen LogP contribution in [0.3, 0.4) is 0 Å². The van der Waals surface area contributed by atoms with E-state index >= 15 is 0 Å². The zero-order chi connectivity index (χ0) is 16.7. The van der Waals surface area contributed by atoms with Crippen molar-refractivity contribution < 1.29 is 9.59 Å². The second kappa shape index (κ2) is 8.25. The molecule has 0 bridgehead atoms. The highest BCUT2D eigenvalue weighted by atomic mass is 32.2. The van der Waals surface area contributed by atoms with Gasteiger partial charge in [0.15, 0.2) is 0 Å². The number of isocyanates is 2. The topological polar surface area (TPSA) is 58.9 Å². The number of nitrogens with zero attached hydrogens (tertiary/aromatic N) is 2. The normalized spacial score (nSPS) is 12.6. The molecule has 2 unspecified atom stereocenters. The molecule has 4 nitrogen and oxygen atoms in total. The molecule has 0 saturated carbocycles. The van der Waals surface area contributed by atoms with E-state index in [0.717, 1.165) is 11.1 Å². The summed E-state index contributed by atoms with van der Waals surface area (Å²) >= 11 is 1.78. The number of thioether (sulfide) groups is 1. The smallest absolute Gasteiger partial charge is 0.211 e. The van der Waals surface area contributed by atoms with Crippen LogP contribution >= 0.6 is 11.8 Å². The minimum atomic E-state index is 0.227. The largest absolute Gasteiger partial charge is 0.240 e. The Kier molecular flexibility index (Phi) is 6.07. The molecule has 0 aliphatic carbocycles. The molecular formula is C18H16N2O2S. The van der Waals surface area contributed by atoms with Gasteiger partial charge in [-0.25, -0.2) is 9.59 Å². The van der Waals surface area contributed by atoms with Crippen molar-refractivity contribution in [3.8, 4) is 0 Å². The van der Waals surface area contributed by atoms with Gasteiger partial charge in [-0.05, 0) is 49.2 Å². The molecule has 0 aliphatic heterocycles. The van der Waals surface area contributed by atoms with Gasteiger partial charge in [-0.15, -0.1) is 11.8 Å². The van der Waals surface area contributed by atoms with Crippen molar-refractivity contribution in [3.05, 3.63) is 59.7 Å². The highest BCUT2D eigenvalue weighted by Gasteiger charge is 2.14. The molecule has 0 radical (unpaired) electrons. The molecule has 0 spiro atoms. The lowest BCUT2D eigenvalue weighted by Gasteiger charge is -2.18. The molecule has 0 amide bonds. The second-order valence-electron chi connectivity index (χ2n) is 5.02. The monoisotopic (exact) mass is 324 g/mol. The summed E-state index contributed by atoms with van der Waals surface area (Å²) in [5.74, 6) is 0. The fourth-order valence-electron chi connectivity index (χ4n) is 2.26. The number of carbonyl (C=O) groups excluding carboxylic acids is 2. The van der Waals surface area contributed by atoms with Crippen molar-refractivity contribution in [2.24, 2.45) is 9.98 Å². The SMILES string of the molecule is CC(SC(C)c1cccc(N=C=O)c1)c1cccc(N=C=O)c1. The van der Waals surface area contributed by atoms with Gasteiger partial charge >= 0.3 is 0 Å². The first-order valence-electron chi connectivity index (χ1n) is 7.15. The van der Waals surface area contributed by atoms with Crippen molar-refractivity contribution in [2.45, 2.75) is 24.3 Å². The molecule has 116 valence electrons. The van der Waals surface area contributed by atoms with Gasteiger partial charge in [0, 0.05) is 10.5 Å². The Morgan fingerprint density at radius 2 is 1.26 bits per heavy atom. The van der Waals surface area contributed by atoms with E-state index in [9.17, 15) is 9.59 Å². The van der Waals surface area contributed by atoms with Gasteiger partial charge in [-0.2, -0.15) is 9.98 Å². The quantitative estimate of drug-likeness (QED) is 0.543. The van der Waals surface area contributed by atoms with Gasteiger partial charge < -0.3 is 0 Å². The third-order valence-electron chi connectivity index (χ3n) is 3.44. The van der Waals surface area contributed by atoms with Crippen molar-refractivity contribution in [1.29, 1.82) is 0 Å². The first kappa shape index (κ1) is 16.9.